The topological polar surface area (TPSA) is 29.5 Å². The van der Waals surface area contributed by atoms with Gasteiger partial charge in [0, 0.05) is 24.2 Å². The van der Waals surface area contributed by atoms with Gasteiger partial charge in [-0.1, -0.05) is 49.2 Å². The van der Waals surface area contributed by atoms with Gasteiger partial charge in [-0.2, -0.15) is 0 Å². The predicted octanol–water partition coefficient (Wildman–Crippen LogP) is 4.37. The van der Waals surface area contributed by atoms with Gasteiger partial charge in [-0.05, 0) is 37.5 Å². The summed E-state index contributed by atoms with van der Waals surface area (Å²) in [5.41, 5.74) is 4.27. The Labute approximate surface area is 144 Å². The van der Waals surface area contributed by atoms with E-state index in [1.165, 1.54) is 11.1 Å². The van der Waals surface area contributed by atoms with E-state index in [1.807, 2.05) is 29.2 Å². The Bertz CT molecular complexity index is 724. The first-order valence-corrected chi connectivity index (χ1v) is 8.78. The molecule has 0 unspecified atom stereocenters. The summed E-state index contributed by atoms with van der Waals surface area (Å²) >= 11 is 0. The smallest absolute Gasteiger partial charge is 0.254 e. The van der Waals surface area contributed by atoms with Crippen LogP contribution in [0.25, 0.3) is 0 Å². The molecular formula is C21H25NO2. The number of amides is 1. The highest BCUT2D eigenvalue weighted by molar-refractivity contribution is 5.97. The van der Waals surface area contributed by atoms with Crippen LogP contribution in [-0.2, 0) is 13.0 Å². The lowest BCUT2D eigenvalue weighted by atomic mass is 9.97. The van der Waals surface area contributed by atoms with Crippen LogP contribution in [0.15, 0.2) is 42.5 Å². The third-order valence-electron chi connectivity index (χ3n) is 4.49. The summed E-state index contributed by atoms with van der Waals surface area (Å²) in [7, 11) is 0. The fourth-order valence-electron chi connectivity index (χ4n) is 3.19. The molecule has 0 bridgehead atoms. The maximum absolute atomic E-state index is 12.9. The van der Waals surface area contributed by atoms with Gasteiger partial charge < -0.3 is 9.64 Å². The summed E-state index contributed by atoms with van der Waals surface area (Å²) in [6.07, 6.45) is 3.00. The average Bonchev–Trinajstić information content (AvgIpc) is 2.58. The molecule has 3 heteroatoms. The predicted molar refractivity (Wildman–Crippen MR) is 96.5 cm³/mol. The monoisotopic (exact) mass is 323 g/mol. The lowest BCUT2D eigenvalue weighted by Gasteiger charge is -2.29. The van der Waals surface area contributed by atoms with E-state index in [9.17, 15) is 4.79 Å². The van der Waals surface area contributed by atoms with Gasteiger partial charge in [-0.3, -0.25) is 4.79 Å². The van der Waals surface area contributed by atoms with Crippen molar-refractivity contribution in [2.45, 2.75) is 39.7 Å². The Hall–Kier alpha value is -2.29. The van der Waals surface area contributed by atoms with Gasteiger partial charge in [-0.25, -0.2) is 0 Å². The molecule has 0 fully saturated rings. The molecule has 126 valence electrons. The molecule has 24 heavy (non-hydrogen) atoms. The minimum absolute atomic E-state index is 0.110. The molecule has 1 aliphatic rings. The molecule has 0 aromatic heterocycles. The van der Waals surface area contributed by atoms with E-state index in [-0.39, 0.29) is 5.91 Å². The lowest BCUT2D eigenvalue weighted by molar-refractivity contribution is 0.0725. The van der Waals surface area contributed by atoms with E-state index in [4.69, 9.17) is 4.74 Å². The number of unbranched alkanes of at least 4 members (excludes halogenated alkanes) is 1. The van der Waals surface area contributed by atoms with Crippen LogP contribution in [0.3, 0.4) is 0 Å². The summed E-state index contributed by atoms with van der Waals surface area (Å²) in [6, 6.07) is 14.2. The van der Waals surface area contributed by atoms with Crippen LogP contribution in [0.5, 0.6) is 5.75 Å². The fraction of sp³-hybridized carbons (Fsp3) is 0.381. The largest absolute Gasteiger partial charge is 0.493 e. The fourth-order valence-corrected chi connectivity index (χ4v) is 3.19. The van der Waals surface area contributed by atoms with Gasteiger partial charge in [-0.15, -0.1) is 0 Å². The maximum Gasteiger partial charge on any atom is 0.254 e. The Morgan fingerprint density at radius 1 is 1.17 bits per heavy atom. The number of ether oxygens (including phenoxy) is 1. The summed E-state index contributed by atoms with van der Waals surface area (Å²) in [6.45, 7) is 6.36. The molecule has 2 aromatic rings. The van der Waals surface area contributed by atoms with Gasteiger partial charge in [0.1, 0.15) is 5.75 Å². The third kappa shape index (κ3) is 3.61. The van der Waals surface area contributed by atoms with Gasteiger partial charge >= 0.3 is 0 Å². The SMILES string of the molecule is CCCCOc1cccc2c1CCN(Cc1cccc(C)c1)C2=O. The number of benzene rings is 2. The van der Waals surface area contributed by atoms with Crippen molar-refractivity contribution in [1.82, 2.24) is 4.90 Å². The van der Waals surface area contributed by atoms with E-state index < -0.39 is 0 Å². The third-order valence-corrected chi connectivity index (χ3v) is 4.49. The summed E-state index contributed by atoms with van der Waals surface area (Å²) < 4.78 is 5.89. The van der Waals surface area contributed by atoms with E-state index in [2.05, 4.69) is 32.0 Å². The van der Waals surface area contributed by atoms with Gasteiger partial charge in [0.25, 0.3) is 5.91 Å². The zero-order valence-corrected chi connectivity index (χ0v) is 14.5. The second-order valence-corrected chi connectivity index (χ2v) is 6.45. The van der Waals surface area contributed by atoms with Gasteiger partial charge in [0.05, 0.1) is 6.61 Å². The van der Waals surface area contributed by atoms with Crippen molar-refractivity contribution in [1.29, 1.82) is 0 Å². The number of carbonyl (C=O) groups is 1. The molecule has 3 rings (SSSR count). The van der Waals surface area contributed by atoms with Gasteiger partial charge in [0.2, 0.25) is 0 Å². The van der Waals surface area contributed by atoms with Crippen molar-refractivity contribution in [3.8, 4) is 5.75 Å². The molecule has 0 N–H and O–H groups in total. The normalized spacial score (nSPS) is 13.8. The van der Waals surface area contributed by atoms with E-state index in [0.29, 0.717) is 13.2 Å². The van der Waals surface area contributed by atoms with Crippen LogP contribution in [0.2, 0.25) is 0 Å². The standard InChI is InChI=1S/C21H25NO2/c1-3-4-13-24-20-10-6-9-19-18(20)11-12-22(21(19)23)15-17-8-5-7-16(2)14-17/h5-10,14H,3-4,11-13,15H2,1-2H3. The molecule has 2 aromatic carbocycles. The Kier molecular flexibility index (Phi) is 5.19. The van der Waals surface area contributed by atoms with Crippen LogP contribution in [0.4, 0.5) is 0 Å². The number of fused-ring (bicyclic) bond motifs is 1. The molecule has 0 radical (unpaired) electrons. The molecule has 1 aliphatic heterocycles. The number of rotatable bonds is 6. The maximum atomic E-state index is 12.9. The Morgan fingerprint density at radius 3 is 2.79 bits per heavy atom. The van der Waals surface area contributed by atoms with Crippen molar-refractivity contribution in [3.05, 3.63) is 64.7 Å². The van der Waals surface area contributed by atoms with E-state index in [0.717, 1.165) is 42.7 Å². The first-order valence-electron chi connectivity index (χ1n) is 8.78. The molecule has 3 nitrogen and oxygen atoms in total. The van der Waals surface area contributed by atoms with Crippen LogP contribution in [0.1, 0.15) is 46.8 Å². The first kappa shape index (κ1) is 16.6. The molecule has 0 aliphatic carbocycles. The Balaban J connectivity index is 1.76. The molecule has 0 saturated heterocycles. The average molecular weight is 323 g/mol. The van der Waals surface area contributed by atoms with Gasteiger partial charge in [0.15, 0.2) is 0 Å². The number of hydrogen-bond acceptors (Lipinski definition) is 2. The lowest BCUT2D eigenvalue weighted by Crippen LogP contribution is -2.37. The molecule has 0 spiro atoms. The number of hydrogen-bond donors (Lipinski definition) is 0. The summed E-state index contributed by atoms with van der Waals surface area (Å²) in [4.78, 5) is 14.8. The molecule has 1 amide bonds. The minimum Gasteiger partial charge on any atom is -0.493 e. The molecular weight excluding hydrogens is 298 g/mol. The zero-order valence-electron chi connectivity index (χ0n) is 14.5. The summed E-state index contributed by atoms with van der Waals surface area (Å²) in [5.74, 6) is 0.989. The summed E-state index contributed by atoms with van der Waals surface area (Å²) in [5, 5.41) is 0. The molecule has 0 atom stereocenters. The van der Waals surface area contributed by atoms with Crippen molar-refractivity contribution in [3.63, 3.8) is 0 Å². The number of carbonyl (C=O) groups excluding carboxylic acids is 1. The first-order chi connectivity index (χ1) is 11.7. The van der Waals surface area contributed by atoms with Crippen molar-refractivity contribution in [2.75, 3.05) is 13.2 Å². The second-order valence-electron chi connectivity index (χ2n) is 6.45. The minimum atomic E-state index is 0.110. The Morgan fingerprint density at radius 2 is 2.00 bits per heavy atom. The number of nitrogens with zero attached hydrogens (tertiary/aromatic N) is 1. The number of aryl methyl sites for hydroxylation is 1. The van der Waals surface area contributed by atoms with Crippen molar-refractivity contribution < 1.29 is 9.53 Å². The second kappa shape index (κ2) is 7.52. The van der Waals surface area contributed by atoms with E-state index >= 15 is 0 Å². The van der Waals surface area contributed by atoms with Crippen LogP contribution < -0.4 is 4.74 Å². The van der Waals surface area contributed by atoms with Crippen molar-refractivity contribution >= 4 is 5.91 Å². The quantitative estimate of drug-likeness (QED) is 0.739. The highest BCUT2D eigenvalue weighted by Gasteiger charge is 2.26. The highest BCUT2D eigenvalue weighted by atomic mass is 16.5. The molecule has 0 saturated carbocycles. The van der Waals surface area contributed by atoms with E-state index in [1.54, 1.807) is 0 Å². The van der Waals surface area contributed by atoms with Crippen molar-refractivity contribution in [2.24, 2.45) is 0 Å². The van der Waals surface area contributed by atoms with Crippen LogP contribution >= 0.6 is 0 Å². The highest BCUT2D eigenvalue weighted by Crippen LogP contribution is 2.29. The zero-order chi connectivity index (χ0) is 16.9. The molecule has 1 heterocycles. The van der Waals surface area contributed by atoms with Crippen LogP contribution in [0, 0.1) is 6.92 Å². The van der Waals surface area contributed by atoms with Crippen LogP contribution in [-0.4, -0.2) is 24.0 Å².